The van der Waals surface area contributed by atoms with Crippen molar-refractivity contribution in [2.24, 2.45) is 0 Å². The Bertz CT molecular complexity index is 318. The van der Waals surface area contributed by atoms with E-state index in [0.717, 1.165) is 17.7 Å². The van der Waals surface area contributed by atoms with Crippen molar-refractivity contribution in [3.05, 3.63) is 35.4 Å². The first-order valence-corrected chi connectivity index (χ1v) is 4.93. The zero-order chi connectivity index (χ0) is 10.4. The fourth-order valence-corrected chi connectivity index (χ4v) is 1.27. The average Bonchev–Trinajstić information content (AvgIpc) is 2.21. The SMILES string of the molecule is CCc1ccc(N)c(C=CCCO)c1. The molecule has 0 saturated heterocycles. The second-order valence-electron chi connectivity index (χ2n) is 3.23. The Hall–Kier alpha value is -1.28. The molecule has 76 valence electrons. The standard InChI is InChI=1S/C12H17NO/c1-2-10-6-7-12(13)11(9-10)5-3-4-8-14/h3,5-7,9,14H,2,4,8,13H2,1H3. The van der Waals surface area contributed by atoms with Crippen molar-refractivity contribution < 1.29 is 5.11 Å². The van der Waals surface area contributed by atoms with E-state index < -0.39 is 0 Å². The number of hydrogen-bond donors (Lipinski definition) is 2. The number of rotatable bonds is 4. The molecular formula is C12H17NO. The minimum Gasteiger partial charge on any atom is -0.398 e. The maximum Gasteiger partial charge on any atom is 0.0465 e. The third kappa shape index (κ3) is 2.89. The van der Waals surface area contributed by atoms with E-state index in [1.165, 1.54) is 5.56 Å². The lowest BCUT2D eigenvalue weighted by molar-refractivity contribution is 0.303. The lowest BCUT2D eigenvalue weighted by atomic mass is 10.1. The maximum atomic E-state index is 8.63. The Morgan fingerprint density at radius 1 is 1.43 bits per heavy atom. The molecule has 0 aliphatic rings. The summed E-state index contributed by atoms with van der Waals surface area (Å²) in [4.78, 5) is 0. The highest BCUT2D eigenvalue weighted by atomic mass is 16.2. The number of nitrogens with two attached hydrogens (primary N) is 1. The quantitative estimate of drug-likeness (QED) is 0.717. The van der Waals surface area contributed by atoms with E-state index in [-0.39, 0.29) is 6.61 Å². The first-order valence-electron chi connectivity index (χ1n) is 4.93. The summed E-state index contributed by atoms with van der Waals surface area (Å²) in [6.07, 6.45) is 5.59. The summed E-state index contributed by atoms with van der Waals surface area (Å²) in [7, 11) is 0. The topological polar surface area (TPSA) is 46.2 Å². The fourth-order valence-electron chi connectivity index (χ4n) is 1.27. The lowest BCUT2D eigenvalue weighted by Crippen LogP contribution is -1.91. The van der Waals surface area contributed by atoms with Crippen LogP contribution in [0.4, 0.5) is 5.69 Å². The number of anilines is 1. The van der Waals surface area contributed by atoms with E-state index in [0.29, 0.717) is 6.42 Å². The molecule has 0 amide bonds. The number of nitrogen functional groups attached to an aromatic ring is 1. The molecule has 3 N–H and O–H groups in total. The van der Waals surface area contributed by atoms with Gasteiger partial charge in [-0.15, -0.1) is 0 Å². The van der Waals surface area contributed by atoms with Gasteiger partial charge in [0, 0.05) is 12.3 Å². The molecule has 0 unspecified atom stereocenters. The molecule has 0 saturated carbocycles. The van der Waals surface area contributed by atoms with E-state index in [1.807, 2.05) is 24.3 Å². The summed E-state index contributed by atoms with van der Waals surface area (Å²) >= 11 is 0. The van der Waals surface area contributed by atoms with Crippen molar-refractivity contribution in [1.82, 2.24) is 0 Å². The lowest BCUT2D eigenvalue weighted by Gasteiger charge is -2.03. The van der Waals surface area contributed by atoms with E-state index in [9.17, 15) is 0 Å². The predicted molar refractivity (Wildman–Crippen MR) is 61.0 cm³/mol. The second-order valence-corrected chi connectivity index (χ2v) is 3.23. The molecule has 2 heteroatoms. The summed E-state index contributed by atoms with van der Waals surface area (Å²) in [6, 6.07) is 6.05. The van der Waals surface area contributed by atoms with Crippen LogP contribution in [0, 0.1) is 0 Å². The van der Waals surface area contributed by atoms with Gasteiger partial charge < -0.3 is 10.8 Å². The molecule has 0 spiro atoms. The smallest absolute Gasteiger partial charge is 0.0465 e. The summed E-state index contributed by atoms with van der Waals surface area (Å²) in [6.45, 7) is 2.30. The second kappa shape index (κ2) is 5.45. The van der Waals surface area contributed by atoms with Crippen LogP contribution in [0.15, 0.2) is 24.3 Å². The van der Waals surface area contributed by atoms with Crippen molar-refractivity contribution in [2.75, 3.05) is 12.3 Å². The van der Waals surface area contributed by atoms with Gasteiger partial charge in [0.2, 0.25) is 0 Å². The van der Waals surface area contributed by atoms with E-state index in [1.54, 1.807) is 0 Å². The zero-order valence-electron chi connectivity index (χ0n) is 8.53. The summed E-state index contributed by atoms with van der Waals surface area (Å²) in [5.41, 5.74) is 8.92. The number of aliphatic hydroxyl groups is 1. The Labute approximate surface area is 85.1 Å². The van der Waals surface area contributed by atoms with Crippen LogP contribution in [0.5, 0.6) is 0 Å². The molecular weight excluding hydrogens is 174 g/mol. The molecule has 0 aliphatic carbocycles. The predicted octanol–water partition coefficient (Wildman–Crippen LogP) is 2.23. The Morgan fingerprint density at radius 2 is 2.21 bits per heavy atom. The van der Waals surface area contributed by atoms with Crippen molar-refractivity contribution in [2.45, 2.75) is 19.8 Å². The van der Waals surface area contributed by atoms with Crippen LogP contribution in [0.3, 0.4) is 0 Å². The van der Waals surface area contributed by atoms with Gasteiger partial charge in [0.15, 0.2) is 0 Å². The monoisotopic (exact) mass is 191 g/mol. The number of aliphatic hydroxyl groups excluding tert-OH is 1. The van der Waals surface area contributed by atoms with Gasteiger partial charge in [-0.25, -0.2) is 0 Å². The van der Waals surface area contributed by atoms with Gasteiger partial charge in [-0.2, -0.15) is 0 Å². The van der Waals surface area contributed by atoms with Crippen LogP contribution in [0.1, 0.15) is 24.5 Å². The number of hydrogen-bond acceptors (Lipinski definition) is 2. The molecule has 1 aromatic rings. The largest absolute Gasteiger partial charge is 0.398 e. The molecule has 1 rings (SSSR count). The first kappa shape index (κ1) is 10.8. The molecule has 0 bridgehead atoms. The summed E-state index contributed by atoms with van der Waals surface area (Å²) in [5.74, 6) is 0. The van der Waals surface area contributed by atoms with E-state index >= 15 is 0 Å². The van der Waals surface area contributed by atoms with Gasteiger partial charge in [-0.3, -0.25) is 0 Å². The highest BCUT2D eigenvalue weighted by Crippen LogP contribution is 2.16. The molecule has 0 aliphatic heterocycles. The van der Waals surface area contributed by atoms with Crippen LogP contribution >= 0.6 is 0 Å². The van der Waals surface area contributed by atoms with Crippen molar-refractivity contribution in [3.8, 4) is 0 Å². The van der Waals surface area contributed by atoms with Crippen LogP contribution in [-0.2, 0) is 6.42 Å². The summed E-state index contributed by atoms with van der Waals surface area (Å²) in [5, 5.41) is 8.63. The normalized spacial score (nSPS) is 11.0. The van der Waals surface area contributed by atoms with Crippen LogP contribution in [-0.4, -0.2) is 11.7 Å². The molecule has 14 heavy (non-hydrogen) atoms. The highest BCUT2D eigenvalue weighted by Gasteiger charge is 1.96. The van der Waals surface area contributed by atoms with Crippen molar-refractivity contribution in [3.63, 3.8) is 0 Å². The van der Waals surface area contributed by atoms with Gasteiger partial charge in [0.1, 0.15) is 0 Å². The third-order valence-electron chi connectivity index (χ3n) is 2.15. The maximum absolute atomic E-state index is 8.63. The van der Waals surface area contributed by atoms with Gasteiger partial charge in [-0.1, -0.05) is 25.1 Å². The van der Waals surface area contributed by atoms with Gasteiger partial charge >= 0.3 is 0 Å². The minimum absolute atomic E-state index is 0.184. The molecule has 0 fully saturated rings. The van der Waals surface area contributed by atoms with Crippen LogP contribution < -0.4 is 5.73 Å². The Balaban J connectivity index is 2.83. The molecule has 2 nitrogen and oxygen atoms in total. The molecule has 0 heterocycles. The molecule has 1 aromatic carbocycles. The average molecular weight is 191 g/mol. The van der Waals surface area contributed by atoms with Gasteiger partial charge in [0.05, 0.1) is 0 Å². The third-order valence-corrected chi connectivity index (χ3v) is 2.15. The Kier molecular flexibility index (Phi) is 4.20. The van der Waals surface area contributed by atoms with Crippen LogP contribution in [0.25, 0.3) is 6.08 Å². The fraction of sp³-hybridized carbons (Fsp3) is 0.333. The number of benzene rings is 1. The minimum atomic E-state index is 0.184. The first-order chi connectivity index (χ1) is 6.77. The molecule has 0 atom stereocenters. The summed E-state index contributed by atoms with van der Waals surface area (Å²) < 4.78 is 0. The van der Waals surface area contributed by atoms with E-state index in [2.05, 4.69) is 13.0 Å². The van der Waals surface area contributed by atoms with Gasteiger partial charge in [-0.05, 0) is 36.1 Å². The number of aryl methyl sites for hydroxylation is 1. The van der Waals surface area contributed by atoms with Crippen molar-refractivity contribution in [1.29, 1.82) is 0 Å². The highest BCUT2D eigenvalue weighted by molar-refractivity contribution is 5.65. The Morgan fingerprint density at radius 3 is 2.86 bits per heavy atom. The van der Waals surface area contributed by atoms with Gasteiger partial charge in [0.25, 0.3) is 0 Å². The molecule has 0 radical (unpaired) electrons. The van der Waals surface area contributed by atoms with Crippen molar-refractivity contribution >= 4 is 11.8 Å². The molecule has 0 aromatic heterocycles. The zero-order valence-corrected chi connectivity index (χ0v) is 8.53. The van der Waals surface area contributed by atoms with E-state index in [4.69, 9.17) is 10.8 Å². The van der Waals surface area contributed by atoms with Crippen LogP contribution in [0.2, 0.25) is 0 Å².